The number of benzene rings is 4. The van der Waals surface area contributed by atoms with Gasteiger partial charge in [0.05, 0.1) is 28.3 Å². The molecule has 2 heterocycles. The Bertz CT molecular complexity index is 2190. The number of hydrogen-bond acceptors (Lipinski definition) is 6. The van der Waals surface area contributed by atoms with E-state index in [1.807, 2.05) is 53.1 Å². The van der Waals surface area contributed by atoms with Crippen LogP contribution in [0.25, 0.3) is 11.8 Å². The molecule has 2 aliphatic rings. The fourth-order valence-corrected chi connectivity index (χ4v) is 9.04. The van der Waals surface area contributed by atoms with Crippen molar-refractivity contribution >= 4 is 85.6 Å². The molecule has 1 atom stereocenters. The number of rotatable bonds is 6. The summed E-state index contributed by atoms with van der Waals surface area (Å²) in [5.74, 6) is 0.724. The highest BCUT2D eigenvalue weighted by Crippen LogP contribution is 2.41. The standard InChI is InChI=1S/C34H22ClI2N3O4S/c35-23-10-7-22(8-11-23)31-26-14-9-21-3-1-2-4-25(21)30(26)38-34-39(31)33(41)29(45-34)17-20-15-27(36)32(28(37)16-20)44-18-19-5-12-24(13-6-19)40(42)43/h1-8,10-13,15-17,31H,9,14,18H2/b29-17+/t31-/m1/s1. The van der Waals surface area contributed by atoms with Crippen molar-refractivity contribution in [2.75, 3.05) is 0 Å². The van der Waals surface area contributed by atoms with Crippen molar-refractivity contribution in [3.63, 3.8) is 0 Å². The molecule has 0 N–H and O–H groups in total. The predicted octanol–water partition coefficient (Wildman–Crippen LogP) is 7.67. The highest BCUT2D eigenvalue weighted by Gasteiger charge is 2.32. The molecule has 5 aromatic rings. The quantitative estimate of drug-likeness (QED) is 0.0998. The Hall–Kier alpha value is -3.33. The number of thiazole rings is 1. The van der Waals surface area contributed by atoms with Crippen molar-refractivity contribution < 1.29 is 9.66 Å². The van der Waals surface area contributed by atoms with Crippen LogP contribution >= 0.6 is 68.1 Å². The molecule has 0 bridgehead atoms. The van der Waals surface area contributed by atoms with Gasteiger partial charge in [-0.15, -0.1) is 0 Å². The van der Waals surface area contributed by atoms with Gasteiger partial charge in [-0.25, -0.2) is 4.99 Å². The zero-order chi connectivity index (χ0) is 31.2. The van der Waals surface area contributed by atoms with Crippen LogP contribution in [0.15, 0.2) is 100 Å². The predicted molar refractivity (Wildman–Crippen MR) is 194 cm³/mol. The molecular weight excluding hydrogens is 836 g/mol. The molecule has 7 rings (SSSR count). The Morgan fingerprint density at radius 2 is 1.73 bits per heavy atom. The Balaban J connectivity index is 1.27. The van der Waals surface area contributed by atoms with Crippen molar-refractivity contribution in [3.05, 3.63) is 160 Å². The van der Waals surface area contributed by atoms with E-state index in [2.05, 4.69) is 63.4 Å². The summed E-state index contributed by atoms with van der Waals surface area (Å²) in [6.45, 7) is 0.278. The number of halogens is 3. The first-order valence-electron chi connectivity index (χ1n) is 14.0. The number of nitrogens with zero attached hydrogens (tertiary/aromatic N) is 3. The third-order valence-corrected chi connectivity index (χ3v) is 10.7. The summed E-state index contributed by atoms with van der Waals surface area (Å²) in [6, 6.07) is 26.2. The SMILES string of the molecule is O=c1/c(=C\c2cc(I)c(OCc3ccc([N+](=O)[O-])cc3)c(I)c2)sc2n1[C@H](c1ccc(Cl)cc1)C1=C(N=2)c2ccccc2CC1. The summed E-state index contributed by atoms with van der Waals surface area (Å²) in [5, 5.41) is 11.6. The molecule has 1 aliphatic heterocycles. The smallest absolute Gasteiger partial charge is 0.271 e. The third kappa shape index (κ3) is 5.88. The number of fused-ring (bicyclic) bond motifs is 3. The lowest BCUT2D eigenvalue weighted by atomic mass is 9.83. The number of aryl methyl sites for hydroxylation is 1. The van der Waals surface area contributed by atoms with Crippen molar-refractivity contribution in [2.24, 2.45) is 4.99 Å². The maximum Gasteiger partial charge on any atom is 0.271 e. The van der Waals surface area contributed by atoms with Crippen molar-refractivity contribution in [2.45, 2.75) is 25.5 Å². The summed E-state index contributed by atoms with van der Waals surface area (Å²) in [6.07, 6.45) is 3.64. The number of allylic oxidation sites excluding steroid dienone is 1. The second-order valence-corrected chi connectivity index (χ2v) is 14.5. The van der Waals surface area contributed by atoms with Crippen LogP contribution in [-0.2, 0) is 13.0 Å². The summed E-state index contributed by atoms with van der Waals surface area (Å²) in [5.41, 5.74) is 7.20. The van der Waals surface area contributed by atoms with E-state index in [1.54, 1.807) is 12.1 Å². The lowest BCUT2D eigenvalue weighted by Crippen LogP contribution is -2.38. The van der Waals surface area contributed by atoms with Gasteiger partial charge in [0, 0.05) is 22.7 Å². The molecule has 0 radical (unpaired) electrons. The zero-order valence-electron chi connectivity index (χ0n) is 23.4. The Labute approximate surface area is 294 Å². The van der Waals surface area contributed by atoms with E-state index < -0.39 is 4.92 Å². The number of ether oxygens (including phenoxy) is 1. The van der Waals surface area contributed by atoms with Gasteiger partial charge in [-0.05, 0) is 128 Å². The van der Waals surface area contributed by atoms with Crippen LogP contribution in [0.4, 0.5) is 5.69 Å². The summed E-state index contributed by atoms with van der Waals surface area (Å²) in [7, 11) is 0. The molecule has 7 nitrogen and oxygen atoms in total. The minimum Gasteiger partial charge on any atom is -0.487 e. The van der Waals surface area contributed by atoms with Gasteiger partial charge in [0.2, 0.25) is 0 Å². The van der Waals surface area contributed by atoms with Crippen LogP contribution in [0.5, 0.6) is 5.75 Å². The van der Waals surface area contributed by atoms with E-state index >= 15 is 0 Å². The largest absolute Gasteiger partial charge is 0.487 e. The van der Waals surface area contributed by atoms with E-state index in [0.717, 1.165) is 59.3 Å². The number of hydrogen-bond donors (Lipinski definition) is 0. The zero-order valence-corrected chi connectivity index (χ0v) is 29.3. The Morgan fingerprint density at radius 1 is 1.02 bits per heavy atom. The second-order valence-electron chi connectivity index (χ2n) is 10.7. The second kappa shape index (κ2) is 12.5. The van der Waals surface area contributed by atoms with E-state index in [-0.39, 0.29) is 23.9 Å². The Morgan fingerprint density at radius 3 is 2.44 bits per heavy atom. The maximum atomic E-state index is 14.1. The van der Waals surface area contributed by atoms with Gasteiger partial charge < -0.3 is 4.74 Å². The van der Waals surface area contributed by atoms with Gasteiger partial charge in [0.15, 0.2) is 4.80 Å². The van der Waals surface area contributed by atoms with Crippen LogP contribution in [0.3, 0.4) is 0 Å². The molecule has 4 aromatic carbocycles. The van der Waals surface area contributed by atoms with Crippen LogP contribution < -0.4 is 19.6 Å². The van der Waals surface area contributed by atoms with Gasteiger partial charge >= 0.3 is 0 Å². The van der Waals surface area contributed by atoms with Crippen molar-refractivity contribution in [1.29, 1.82) is 0 Å². The van der Waals surface area contributed by atoms with E-state index in [9.17, 15) is 14.9 Å². The summed E-state index contributed by atoms with van der Waals surface area (Å²) >= 11 is 12.1. The van der Waals surface area contributed by atoms with Gasteiger partial charge in [0.1, 0.15) is 12.4 Å². The average molecular weight is 858 g/mol. The monoisotopic (exact) mass is 857 g/mol. The number of aromatic nitrogens is 1. The molecule has 1 aliphatic carbocycles. The first kappa shape index (κ1) is 30.3. The number of non-ortho nitro benzene ring substituents is 1. The lowest BCUT2D eigenvalue weighted by molar-refractivity contribution is -0.384. The highest BCUT2D eigenvalue weighted by molar-refractivity contribution is 14.1. The molecule has 224 valence electrons. The molecule has 11 heteroatoms. The molecule has 0 spiro atoms. The molecule has 0 unspecified atom stereocenters. The molecular formula is C34H22ClI2N3O4S. The van der Waals surface area contributed by atoms with Gasteiger partial charge in [-0.3, -0.25) is 19.5 Å². The lowest BCUT2D eigenvalue weighted by Gasteiger charge is -2.30. The molecule has 0 saturated heterocycles. The van der Waals surface area contributed by atoms with Gasteiger partial charge in [0.25, 0.3) is 11.2 Å². The molecule has 1 aromatic heterocycles. The Kier molecular flexibility index (Phi) is 8.40. The van der Waals surface area contributed by atoms with Crippen LogP contribution in [0, 0.1) is 17.3 Å². The molecule has 0 fully saturated rings. The first-order valence-corrected chi connectivity index (χ1v) is 17.4. The van der Waals surface area contributed by atoms with Crippen molar-refractivity contribution in [3.8, 4) is 5.75 Å². The van der Waals surface area contributed by atoms with Crippen molar-refractivity contribution in [1.82, 2.24) is 4.57 Å². The maximum absolute atomic E-state index is 14.1. The highest BCUT2D eigenvalue weighted by atomic mass is 127. The minimum absolute atomic E-state index is 0.0435. The number of nitro groups is 1. The molecule has 45 heavy (non-hydrogen) atoms. The van der Waals surface area contributed by atoms with Crippen LogP contribution in [-0.4, -0.2) is 9.49 Å². The fourth-order valence-electron chi connectivity index (χ4n) is 5.79. The van der Waals surface area contributed by atoms with E-state index in [4.69, 9.17) is 21.3 Å². The van der Waals surface area contributed by atoms with E-state index in [0.29, 0.717) is 14.4 Å². The minimum atomic E-state index is -0.419. The topological polar surface area (TPSA) is 86.7 Å². The average Bonchev–Trinajstić information content (AvgIpc) is 3.34. The fraction of sp³-hybridized carbons (Fsp3) is 0.118. The summed E-state index contributed by atoms with van der Waals surface area (Å²) in [4.78, 5) is 30.4. The normalized spacial score (nSPS) is 15.6. The van der Waals surface area contributed by atoms with Gasteiger partial charge in [-0.1, -0.05) is 59.3 Å². The van der Waals surface area contributed by atoms with E-state index in [1.165, 1.54) is 29.0 Å². The first-order chi connectivity index (χ1) is 21.8. The third-order valence-electron chi connectivity index (χ3n) is 7.91. The van der Waals surface area contributed by atoms with Crippen LogP contribution in [0.1, 0.15) is 40.3 Å². The number of nitro benzene ring substituents is 1. The van der Waals surface area contributed by atoms with Crippen LogP contribution in [0.2, 0.25) is 5.02 Å². The molecule has 0 amide bonds. The molecule has 0 saturated carbocycles. The van der Waals surface area contributed by atoms with Gasteiger partial charge in [-0.2, -0.15) is 0 Å². The summed E-state index contributed by atoms with van der Waals surface area (Å²) < 4.78 is 10.3.